The highest BCUT2D eigenvalue weighted by Crippen LogP contribution is 2.29. The molecule has 0 aliphatic rings. The maximum absolute atomic E-state index is 13.0. The van der Waals surface area contributed by atoms with Crippen molar-refractivity contribution in [2.24, 2.45) is 0 Å². The van der Waals surface area contributed by atoms with Gasteiger partial charge in [0.15, 0.2) is 0 Å². The van der Waals surface area contributed by atoms with E-state index >= 15 is 0 Å². The van der Waals surface area contributed by atoms with E-state index < -0.39 is 6.36 Å². The summed E-state index contributed by atoms with van der Waals surface area (Å²) >= 11 is 1.26. The number of alkyl halides is 3. The fraction of sp³-hybridized carbons (Fsp3) is 0.148. The van der Waals surface area contributed by atoms with E-state index in [1.54, 1.807) is 11.4 Å². The Morgan fingerprint density at radius 1 is 0.886 bits per heavy atom. The van der Waals surface area contributed by atoms with Gasteiger partial charge in [0.1, 0.15) is 5.75 Å². The van der Waals surface area contributed by atoms with Crippen molar-refractivity contribution in [1.82, 2.24) is 5.32 Å². The van der Waals surface area contributed by atoms with Crippen LogP contribution in [0.2, 0.25) is 0 Å². The average Bonchev–Trinajstić information content (AvgIpc) is 3.35. The summed E-state index contributed by atoms with van der Waals surface area (Å²) in [6, 6.07) is 26.3. The third-order valence-corrected chi connectivity index (χ3v) is 6.08. The topological polar surface area (TPSA) is 47.6 Å². The molecule has 4 nitrogen and oxygen atoms in total. The fourth-order valence-electron chi connectivity index (χ4n) is 3.46. The molecule has 0 radical (unpaired) electrons. The molecule has 3 aromatic carbocycles. The number of thiophene rings is 1. The van der Waals surface area contributed by atoms with Crippen LogP contribution in [0.5, 0.6) is 5.75 Å². The summed E-state index contributed by atoms with van der Waals surface area (Å²) in [6.45, 7) is 0.723. The largest absolute Gasteiger partial charge is 0.573 e. The van der Waals surface area contributed by atoms with E-state index in [-0.39, 0.29) is 17.7 Å². The van der Waals surface area contributed by atoms with Gasteiger partial charge >= 0.3 is 6.36 Å². The lowest BCUT2D eigenvalue weighted by molar-refractivity contribution is -0.274. The second-order valence-electron chi connectivity index (χ2n) is 7.71. The normalized spacial score (nSPS) is 12.2. The molecule has 0 saturated heterocycles. The zero-order chi connectivity index (χ0) is 24.7. The number of hydrogen-bond acceptors (Lipinski definition) is 4. The summed E-state index contributed by atoms with van der Waals surface area (Å²) < 4.78 is 46.9. The Labute approximate surface area is 205 Å². The number of ether oxygens (including phenoxy) is 2. The minimum atomic E-state index is -4.74. The van der Waals surface area contributed by atoms with E-state index in [0.717, 1.165) is 16.7 Å². The van der Waals surface area contributed by atoms with Gasteiger partial charge in [-0.15, -0.1) is 24.5 Å². The number of rotatable bonds is 9. The minimum Gasteiger partial charge on any atom is -0.406 e. The first-order chi connectivity index (χ1) is 16.9. The van der Waals surface area contributed by atoms with Gasteiger partial charge in [-0.25, -0.2) is 0 Å². The molecule has 0 saturated carbocycles. The van der Waals surface area contributed by atoms with Crippen LogP contribution >= 0.6 is 11.3 Å². The van der Waals surface area contributed by atoms with Gasteiger partial charge < -0.3 is 14.8 Å². The smallest absolute Gasteiger partial charge is 0.406 e. The number of benzene rings is 3. The third-order valence-electron chi connectivity index (χ3n) is 5.15. The molecule has 1 aromatic heterocycles. The average molecular weight is 498 g/mol. The first-order valence-corrected chi connectivity index (χ1v) is 11.7. The van der Waals surface area contributed by atoms with Crippen LogP contribution < -0.4 is 10.1 Å². The van der Waals surface area contributed by atoms with Gasteiger partial charge in [-0.05, 0) is 45.8 Å². The Morgan fingerprint density at radius 3 is 2.20 bits per heavy atom. The Kier molecular flexibility index (Phi) is 7.84. The van der Waals surface area contributed by atoms with Gasteiger partial charge in [0.25, 0.3) is 5.91 Å². The van der Waals surface area contributed by atoms with Crippen molar-refractivity contribution in [2.45, 2.75) is 19.0 Å². The molecule has 4 aromatic rings. The van der Waals surface area contributed by atoms with Crippen molar-refractivity contribution in [3.8, 4) is 16.9 Å². The number of carbonyl (C=O) groups excluding carboxylic acids is 1. The van der Waals surface area contributed by atoms with Crippen LogP contribution in [0.25, 0.3) is 11.1 Å². The lowest BCUT2D eigenvalue weighted by Gasteiger charge is -2.19. The Bertz CT molecular complexity index is 1230. The van der Waals surface area contributed by atoms with Crippen LogP contribution in [0.1, 0.15) is 26.8 Å². The quantitative estimate of drug-likeness (QED) is 0.271. The summed E-state index contributed by atoms with van der Waals surface area (Å²) in [6.07, 6.45) is -4.74. The molecule has 0 fully saturated rings. The van der Waals surface area contributed by atoms with E-state index in [1.807, 2.05) is 60.7 Å². The Balaban J connectivity index is 1.42. The van der Waals surface area contributed by atoms with Gasteiger partial charge in [0.2, 0.25) is 0 Å². The van der Waals surface area contributed by atoms with Gasteiger partial charge in [-0.3, -0.25) is 4.79 Å². The predicted octanol–water partition coefficient (Wildman–Crippen LogP) is 7.00. The molecule has 4 rings (SSSR count). The standard InChI is InChI=1S/C27H22F3NO3S/c28-27(29,30)34-23-13-11-20(12-14-23)22-15-25(35-18-22)26(32)31-24(21-9-5-2-6-10-21)17-33-16-19-7-3-1-4-8-19/h1-15,18,24H,16-17H2,(H,31,32). The highest BCUT2D eigenvalue weighted by atomic mass is 32.1. The summed E-state index contributed by atoms with van der Waals surface area (Å²) in [4.78, 5) is 13.5. The Hall–Kier alpha value is -3.62. The zero-order valence-electron chi connectivity index (χ0n) is 18.5. The summed E-state index contributed by atoms with van der Waals surface area (Å²) in [7, 11) is 0. The van der Waals surface area contributed by atoms with Gasteiger partial charge in [-0.2, -0.15) is 0 Å². The number of nitrogens with one attached hydrogen (secondary N) is 1. The van der Waals surface area contributed by atoms with E-state index in [0.29, 0.717) is 23.7 Å². The molecule has 35 heavy (non-hydrogen) atoms. The molecule has 0 aliphatic carbocycles. The highest BCUT2D eigenvalue weighted by Gasteiger charge is 2.31. The molecule has 1 N–H and O–H groups in total. The lowest BCUT2D eigenvalue weighted by atomic mass is 10.1. The van der Waals surface area contributed by atoms with Crippen molar-refractivity contribution in [1.29, 1.82) is 0 Å². The van der Waals surface area contributed by atoms with Crippen LogP contribution in [0.3, 0.4) is 0 Å². The summed E-state index contributed by atoms with van der Waals surface area (Å²) in [5, 5.41) is 4.83. The molecule has 0 aliphatic heterocycles. The second-order valence-corrected chi connectivity index (χ2v) is 8.62. The van der Waals surface area contributed by atoms with Crippen molar-refractivity contribution in [3.63, 3.8) is 0 Å². The van der Waals surface area contributed by atoms with Gasteiger partial charge in [-0.1, -0.05) is 72.8 Å². The van der Waals surface area contributed by atoms with Gasteiger partial charge in [0.05, 0.1) is 24.1 Å². The molecule has 1 amide bonds. The fourth-order valence-corrected chi connectivity index (χ4v) is 4.28. The summed E-state index contributed by atoms with van der Waals surface area (Å²) in [5.41, 5.74) is 3.38. The first-order valence-electron chi connectivity index (χ1n) is 10.8. The van der Waals surface area contributed by atoms with Crippen molar-refractivity contribution < 1.29 is 27.4 Å². The highest BCUT2D eigenvalue weighted by molar-refractivity contribution is 7.12. The molecule has 1 atom stereocenters. The minimum absolute atomic E-state index is 0.254. The maximum Gasteiger partial charge on any atom is 0.573 e. The molecule has 1 unspecified atom stereocenters. The second kappa shape index (κ2) is 11.2. The lowest BCUT2D eigenvalue weighted by Crippen LogP contribution is -2.31. The maximum atomic E-state index is 13.0. The summed E-state index contributed by atoms with van der Waals surface area (Å²) in [5.74, 6) is -0.550. The van der Waals surface area contributed by atoms with Crippen LogP contribution in [-0.2, 0) is 11.3 Å². The molecule has 8 heteroatoms. The SMILES string of the molecule is O=C(NC(COCc1ccccc1)c1ccccc1)c1cc(-c2ccc(OC(F)(F)F)cc2)cs1. The number of carbonyl (C=O) groups is 1. The molecular formula is C27H22F3NO3S. The van der Waals surface area contributed by atoms with Crippen molar-refractivity contribution in [3.05, 3.63) is 112 Å². The third kappa shape index (κ3) is 7.18. The van der Waals surface area contributed by atoms with Crippen LogP contribution in [0, 0.1) is 0 Å². The number of amides is 1. The van der Waals surface area contributed by atoms with Crippen molar-refractivity contribution >= 4 is 17.2 Å². The molecule has 0 bridgehead atoms. The number of halogens is 3. The predicted molar refractivity (Wildman–Crippen MR) is 129 cm³/mol. The van der Waals surface area contributed by atoms with E-state index in [2.05, 4.69) is 10.1 Å². The van der Waals surface area contributed by atoms with E-state index in [1.165, 1.54) is 35.6 Å². The van der Waals surface area contributed by atoms with E-state index in [4.69, 9.17) is 4.74 Å². The van der Waals surface area contributed by atoms with Crippen LogP contribution in [0.4, 0.5) is 13.2 Å². The zero-order valence-corrected chi connectivity index (χ0v) is 19.3. The monoisotopic (exact) mass is 497 g/mol. The molecule has 180 valence electrons. The molecule has 1 heterocycles. The van der Waals surface area contributed by atoms with Crippen LogP contribution in [-0.4, -0.2) is 18.9 Å². The van der Waals surface area contributed by atoms with Crippen molar-refractivity contribution in [2.75, 3.05) is 6.61 Å². The van der Waals surface area contributed by atoms with Gasteiger partial charge in [0, 0.05) is 0 Å². The molecule has 0 spiro atoms. The molecular weight excluding hydrogens is 475 g/mol. The Morgan fingerprint density at radius 2 is 1.54 bits per heavy atom. The van der Waals surface area contributed by atoms with Crippen LogP contribution in [0.15, 0.2) is 96.4 Å². The first kappa shape index (κ1) is 24.5. The van der Waals surface area contributed by atoms with E-state index in [9.17, 15) is 18.0 Å². The number of hydrogen-bond donors (Lipinski definition) is 1.